The molecule has 2 N–H and O–H groups in total. The van der Waals surface area contributed by atoms with Gasteiger partial charge >= 0.3 is 0 Å². The van der Waals surface area contributed by atoms with E-state index in [1.807, 2.05) is 19.1 Å². The zero-order valence-corrected chi connectivity index (χ0v) is 12.0. The first-order valence-corrected chi connectivity index (χ1v) is 6.93. The summed E-state index contributed by atoms with van der Waals surface area (Å²) in [7, 11) is 0. The smallest absolute Gasteiger partial charge is 0.128 e. The van der Waals surface area contributed by atoms with E-state index in [2.05, 4.69) is 5.32 Å². The van der Waals surface area contributed by atoms with Crippen molar-refractivity contribution in [3.63, 3.8) is 0 Å². The molecule has 2 atom stereocenters. The Hall–Kier alpha value is -1.69. The molecule has 0 saturated heterocycles. The molecule has 0 aliphatic carbocycles. The largest absolute Gasteiger partial charge is 0.468 e. The molecule has 0 spiro atoms. The number of furan rings is 1. The molecule has 2 unspecified atom stereocenters. The van der Waals surface area contributed by atoms with Gasteiger partial charge in [-0.05, 0) is 25.1 Å². The number of rotatable bonds is 8. The number of aliphatic hydroxyl groups excluding tert-OH is 1. The van der Waals surface area contributed by atoms with Crippen molar-refractivity contribution >= 4 is 0 Å². The van der Waals surface area contributed by atoms with Crippen LogP contribution in [-0.2, 0) is 11.3 Å². The van der Waals surface area contributed by atoms with E-state index in [9.17, 15) is 9.50 Å². The van der Waals surface area contributed by atoms with Gasteiger partial charge < -0.3 is 19.6 Å². The second-order valence-corrected chi connectivity index (χ2v) is 4.91. The van der Waals surface area contributed by atoms with Crippen LogP contribution in [-0.4, -0.2) is 24.4 Å². The Morgan fingerprint density at radius 2 is 2.10 bits per heavy atom. The van der Waals surface area contributed by atoms with Crippen LogP contribution in [0.1, 0.15) is 24.3 Å². The van der Waals surface area contributed by atoms with E-state index in [0.29, 0.717) is 12.1 Å². The number of nitrogens with one attached hydrogen (secondary N) is 1. The molecule has 0 amide bonds. The molecule has 114 valence electrons. The number of hydrogen-bond acceptors (Lipinski definition) is 4. The number of hydrogen-bond donors (Lipinski definition) is 2. The van der Waals surface area contributed by atoms with E-state index in [1.165, 1.54) is 6.07 Å². The molecule has 4 nitrogen and oxygen atoms in total. The Morgan fingerprint density at radius 1 is 1.29 bits per heavy atom. The maximum atomic E-state index is 13.4. The number of ether oxygens (including phenoxy) is 1. The lowest BCUT2D eigenvalue weighted by molar-refractivity contribution is 0.0266. The highest BCUT2D eigenvalue weighted by atomic mass is 19.1. The number of halogens is 1. The topological polar surface area (TPSA) is 54.6 Å². The molecule has 0 aliphatic rings. The van der Waals surface area contributed by atoms with Crippen molar-refractivity contribution in [1.29, 1.82) is 0 Å². The lowest BCUT2D eigenvalue weighted by atomic mass is 10.2. The first kappa shape index (κ1) is 15.7. The minimum atomic E-state index is -0.658. The van der Waals surface area contributed by atoms with E-state index < -0.39 is 6.10 Å². The fourth-order valence-corrected chi connectivity index (χ4v) is 1.93. The second kappa shape index (κ2) is 7.93. The van der Waals surface area contributed by atoms with Gasteiger partial charge in [0.25, 0.3) is 0 Å². The Morgan fingerprint density at radius 3 is 2.81 bits per heavy atom. The molecule has 0 saturated carbocycles. The SMILES string of the molecule is CC(NCC(O)COCc1ccccc1F)c1ccco1. The molecule has 1 aromatic carbocycles. The molecule has 1 heterocycles. The second-order valence-electron chi connectivity index (χ2n) is 4.91. The van der Waals surface area contributed by atoms with Crippen LogP contribution in [0.15, 0.2) is 47.1 Å². The standard InChI is InChI=1S/C16H20FNO3/c1-12(16-7-4-8-21-16)18-9-14(19)11-20-10-13-5-2-3-6-15(13)17/h2-8,12,14,18-19H,9-11H2,1H3. The van der Waals surface area contributed by atoms with E-state index in [4.69, 9.17) is 9.15 Å². The summed E-state index contributed by atoms with van der Waals surface area (Å²) < 4.78 is 24.0. The predicted molar refractivity (Wildman–Crippen MR) is 77.2 cm³/mol. The summed E-state index contributed by atoms with van der Waals surface area (Å²) in [4.78, 5) is 0. The molecular weight excluding hydrogens is 273 g/mol. The van der Waals surface area contributed by atoms with Crippen LogP contribution in [0.4, 0.5) is 4.39 Å². The highest BCUT2D eigenvalue weighted by Crippen LogP contribution is 2.12. The van der Waals surface area contributed by atoms with Crippen molar-refractivity contribution in [3.8, 4) is 0 Å². The molecule has 2 rings (SSSR count). The molecule has 0 fully saturated rings. The minimum Gasteiger partial charge on any atom is -0.468 e. The summed E-state index contributed by atoms with van der Waals surface area (Å²) in [6.45, 7) is 2.62. The zero-order chi connectivity index (χ0) is 15.1. The van der Waals surface area contributed by atoms with Crippen molar-refractivity contribution in [1.82, 2.24) is 5.32 Å². The molecule has 1 aromatic heterocycles. The molecule has 0 radical (unpaired) electrons. The van der Waals surface area contributed by atoms with Crippen LogP contribution < -0.4 is 5.32 Å². The lowest BCUT2D eigenvalue weighted by Crippen LogP contribution is -2.32. The van der Waals surface area contributed by atoms with Crippen molar-refractivity contribution in [3.05, 3.63) is 59.8 Å². The van der Waals surface area contributed by atoms with Crippen molar-refractivity contribution in [2.45, 2.75) is 25.7 Å². The summed E-state index contributed by atoms with van der Waals surface area (Å²) in [5.74, 6) is 0.519. The van der Waals surface area contributed by atoms with E-state index in [-0.39, 0.29) is 25.1 Å². The Kier molecular flexibility index (Phi) is 5.92. The third-order valence-electron chi connectivity index (χ3n) is 3.16. The summed E-state index contributed by atoms with van der Waals surface area (Å²) >= 11 is 0. The van der Waals surface area contributed by atoms with E-state index >= 15 is 0 Å². The van der Waals surface area contributed by atoms with Gasteiger partial charge in [-0.2, -0.15) is 0 Å². The summed E-state index contributed by atoms with van der Waals surface area (Å²) in [5.41, 5.74) is 0.488. The van der Waals surface area contributed by atoms with Gasteiger partial charge in [0.15, 0.2) is 0 Å². The Labute approximate surface area is 123 Å². The van der Waals surface area contributed by atoms with Crippen LogP contribution in [0, 0.1) is 5.82 Å². The van der Waals surface area contributed by atoms with Crippen LogP contribution in [0.2, 0.25) is 0 Å². The normalized spacial score (nSPS) is 14.0. The lowest BCUT2D eigenvalue weighted by Gasteiger charge is -2.16. The van der Waals surface area contributed by atoms with Crippen LogP contribution >= 0.6 is 0 Å². The highest BCUT2D eigenvalue weighted by molar-refractivity contribution is 5.16. The van der Waals surface area contributed by atoms with Crippen LogP contribution in [0.25, 0.3) is 0 Å². The van der Waals surface area contributed by atoms with Gasteiger partial charge in [0, 0.05) is 12.1 Å². The van der Waals surface area contributed by atoms with Crippen molar-refractivity contribution in [2.75, 3.05) is 13.2 Å². The molecule has 0 aliphatic heterocycles. The third-order valence-corrected chi connectivity index (χ3v) is 3.16. The predicted octanol–water partition coefficient (Wildman–Crippen LogP) is 2.65. The first-order chi connectivity index (χ1) is 10.2. The number of aliphatic hydroxyl groups is 1. The van der Waals surface area contributed by atoms with E-state index in [0.717, 1.165) is 5.76 Å². The van der Waals surface area contributed by atoms with Gasteiger partial charge in [0.2, 0.25) is 0 Å². The molecule has 21 heavy (non-hydrogen) atoms. The van der Waals surface area contributed by atoms with Gasteiger partial charge in [-0.15, -0.1) is 0 Å². The third kappa shape index (κ3) is 4.97. The van der Waals surface area contributed by atoms with Crippen LogP contribution in [0.5, 0.6) is 0 Å². The van der Waals surface area contributed by atoms with Crippen molar-refractivity contribution < 1.29 is 18.7 Å². The minimum absolute atomic E-state index is 0.0150. The summed E-state index contributed by atoms with van der Waals surface area (Å²) in [5, 5.41) is 13.0. The van der Waals surface area contributed by atoms with E-state index in [1.54, 1.807) is 24.5 Å². The van der Waals surface area contributed by atoms with Crippen LogP contribution in [0.3, 0.4) is 0 Å². The molecular formula is C16H20FNO3. The Balaban J connectivity index is 1.66. The van der Waals surface area contributed by atoms with Gasteiger partial charge in [0.1, 0.15) is 11.6 Å². The van der Waals surface area contributed by atoms with Gasteiger partial charge in [0.05, 0.1) is 31.6 Å². The molecule has 2 aromatic rings. The maximum Gasteiger partial charge on any atom is 0.128 e. The summed E-state index contributed by atoms with van der Waals surface area (Å²) in [6.07, 6.45) is 0.954. The van der Waals surface area contributed by atoms with Gasteiger partial charge in [-0.3, -0.25) is 0 Å². The molecule has 5 heteroatoms. The Bertz CT molecular complexity index is 530. The maximum absolute atomic E-state index is 13.4. The highest BCUT2D eigenvalue weighted by Gasteiger charge is 2.11. The van der Waals surface area contributed by atoms with Crippen molar-refractivity contribution in [2.24, 2.45) is 0 Å². The fourth-order valence-electron chi connectivity index (χ4n) is 1.93. The van der Waals surface area contributed by atoms with Gasteiger partial charge in [-0.1, -0.05) is 18.2 Å². The zero-order valence-electron chi connectivity index (χ0n) is 12.0. The number of benzene rings is 1. The monoisotopic (exact) mass is 293 g/mol. The fraction of sp³-hybridized carbons (Fsp3) is 0.375. The first-order valence-electron chi connectivity index (χ1n) is 6.93. The quantitative estimate of drug-likeness (QED) is 0.785. The van der Waals surface area contributed by atoms with Gasteiger partial charge in [-0.25, -0.2) is 4.39 Å². The average Bonchev–Trinajstić information content (AvgIpc) is 3.01. The molecule has 0 bridgehead atoms. The average molecular weight is 293 g/mol. The summed E-state index contributed by atoms with van der Waals surface area (Å²) in [6, 6.07) is 10.2.